The normalized spacial score (nSPS) is 24.3. The molecule has 2 nitrogen and oxygen atoms in total. The molecular weight excluding hydrogens is 200 g/mol. The zero-order valence-electron chi connectivity index (χ0n) is 9.69. The van der Waals surface area contributed by atoms with Gasteiger partial charge in [0.05, 0.1) is 5.92 Å². The molecule has 0 aromatic heterocycles. The smallest absolute Gasteiger partial charge is 0.309 e. The van der Waals surface area contributed by atoms with E-state index >= 15 is 0 Å². The van der Waals surface area contributed by atoms with Crippen LogP contribution in [0.1, 0.15) is 31.7 Å². The molecule has 2 rings (SSSR count). The molecule has 1 saturated carbocycles. The molecule has 1 aliphatic carbocycles. The molecule has 2 atom stereocenters. The van der Waals surface area contributed by atoms with Crippen LogP contribution in [0.25, 0.3) is 0 Å². The Labute approximate surface area is 96.6 Å². The average Bonchev–Trinajstić information content (AvgIpc) is 2.74. The van der Waals surface area contributed by atoms with E-state index in [0.29, 0.717) is 12.5 Å². The van der Waals surface area contributed by atoms with Gasteiger partial charge in [-0.2, -0.15) is 0 Å². The number of benzene rings is 1. The van der Waals surface area contributed by atoms with Crippen LogP contribution in [0.2, 0.25) is 0 Å². The molecule has 0 N–H and O–H groups in total. The second-order valence-electron chi connectivity index (χ2n) is 4.61. The summed E-state index contributed by atoms with van der Waals surface area (Å²) in [6.07, 6.45) is 3.31. The quantitative estimate of drug-likeness (QED) is 0.728. The second kappa shape index (κ2) is 5.15. The average molecular weight is 218 g/mol. The fraction of sp³-hybridized carbons (Fsp3) is 0.500. The number of rotatable bonds is 3. The molecule has 1 aliphatic rings. The predicted molar refractivity (Wildman–Crippen MR) is 62.7 cm³/mol. The minimum atomic E-state index is -0.0196. The monoisotopic (exact) mass is 218 g/mol. The van der Waals surface area contributed by atoms with Crippen molar-refractivity contribution in [2.75, 3.05) is 0 Å². The van der Waals surface area contributed by atoms with Gasteiger partial charge >= 0.3 is 5.97 Å². The van der Waals surface area contributed by atoms with E-state index < -0.39 is 0 Å². The Hall–Kier alpha value is -1.31. The van der Waals surface area contributed by atoms with Crippen molar-refractivity contribution in [2.45, 2.75) is 32.8 Å². The van der Waals surface area contributed by atoms with E-state index in [-0.39, 0.29) is 11.9 Å². The highest BCUT2D eigenvalue weighted by molar-refractivity contribution is 5.73. The molecule has 0 unspecified atom stereocenters. The summed E-state index contributed by atoms with van der Waals surface area (Å²) in [6, 6.07) is 9.84. The van der Waals surface area contributed by atoms with E-state index in [1.54, 1.807) is 0 Å². The third kappa shape index (κ3) is 2.63. The number of carbonyl (C=O) groups excluding carboxylic acids is 1. The fourth-order valence-electron chi connectivity index (χ4n) is 2.33. The van der Waals surface area contributed by atoms with Crippen LogP contribution in [0.4, 0.5) is 0 Å². The second-order valence-corrected chi connectivity index (χ2v) is 4.61. The van der Waals surface area contributed by atoms with Gasteiger partial charge in [0.25, 0.3) is 0 Å². The standard InChI is InChI=1S/C14H18O2/c1-11-6-5-9-13(11)14(15)16-10-12-7-3-2-4-8-12/h2-4,7-8,11,13H,5-6,9-10H2,1H3/t11-,13+/m1/s1. The number of esters is 1. The maximum Gasteiger partial charge on any atom is 0.309 e. The van der Waals surface area contributed by atoms with Crippen molar-refractivity contribution in [3.8, 4) is 0 Å². The molecule has 0 bridgehead atoms. The third-order valence-corrected chi connectivity index (χ3v) is 3.39. The van der Waals surface area contributed by atoms with Crippen LogP contribution in [-0.4, -0.2) is 5.97 Å². The molecule has 0 heterocycles. The van der Waals surface area contributed by atoms with Gasteiger partial charge in [-0.25, -0.2) is 0 Å². The first-order valence-corrected chi connectivity index (χ1v) is 5.98. The van der Waals surface area contributed by atoms with Crippen molar-refractivity contribution in [1.82, 2.24) is 0 Å². The van der Waals surface area contributed by atoms with Crippen LogP contribution in [0.5, 0.6) is 0 Å². The highest BCUT2D eigenvalue weighted by Crippen LogP contribution is 2.32. The summed E-state index contributed by atoms with van der Waals surface area (Å²) in [7, 11) is 0. The number of ether oxygens (including phenoxy) is 1. The van der Waals surface area contributed by atoms with E-state index in [1.165, 1.54) is 0 Å². The number of hydrogen-bond acceptors (Lipinski definition) is 2. The van der Waals surface area contributed by atoms with Gasteiger partial charge in [0.1, 0.15) is 6.61 Å². The Bertz CT molecular complexity index is 345. The largest absolute Gasteiger partial charge is 0.461 e. The van der Waals surface area contributed by atoms with Crippen molar-refractivity contribution in [1.29, 1.82) is 0 Å². The van der Waals surface area contributed by atoms with Gasteiger partial charge in [-0.3, -0.25) is 4.79 Å². The summed E-state index contributed by atoms with van der Waals surface area (Å²) in [4.78, 5) is 11.8. The molecule has 0 saturated heterocycles. The summed E-state index contributed by atoms with van der Waals surface area (Å²) < 4.78 is 5.34. The summed E-state index contributed by atoms with van der Waals surface area (Å²) in [5, 5.41) is 0. The Morgan fingerprint density at radius 1 is 1.31 bits per heavy atom. The van der Waals surface area contributed by atoms with Crippen LogP contribution in [0.3, 0.4) is 0 Å². The minimum absolute atomic E-state index is 0.0196. The lowest BCUT2D eigenvalue weighted by Crippen LogP contribution is -2.19. The van der Waals surface area contributed by atoms with Gasteiger partial charge < -0.3 is 4.74 Å². The molecule has 0 amide bonds. The predicted octanol–water partition coefficient (Wildman–Crippen LogP) is 3.17. The van der Waals surface area contributed by atoms with Crippen LogP contribution in [0, 0.1) is 11.8 Å². The Balaban J connectivity index is 1.84. The molecule has 0 spiro atoms. The van der Waals surface area contributed by atoms with Crippen molar-refractivity contribution >= 4 is 5.97 Å². The molecule has 16 heavy (non-hydrogen) atoms. The lowest BCUT2D eigenvalue weighted by molar-refractivity contribution is -0.150. The Morgan fingerprint density at radius 3 is 2.69 bits per heavy atom. The van der Waals surface area contributed by atoms with Crippen LogP contribution in [-0.2, 0) is 16.1 Å². The van der Waals surface area contributed by atoms with E-state index in [9.17, 15) is 4.79 Å². The minimum Gasteiger partial charge on any atom is -0.461 e. The lowest BCUT2D eigenvalue weighted by atomic mass is 9.99. The van der Waals surface area contributed by atoms with E-state index in [4.69, 9.17) is 4.74 Å². The molecule has 1 aromatic carbocycles. The van der Waals surface area contributed by atoms with Crippen molar-refractivity contribution in [3.63, 3.8) is 0 Å². The molecule has 0 radical (unpaired) electrons. The van der Waals surface area contributed by atoms with E-state index in [1.807, 2.05) is 30.3 Å². The first kappa shape index (κ1) is 11.2. The summed E-state index contributed by atoms with van der Waals surface area (Å²) in [5.41, 5.74) is 1.06. The molecular formula is C14H18O2. The van der Waals surface area contributed by atoms with Crippen molar-refractivity contribution < 1.29 is 9.53 Å². The molecule has 1 fully saturated rings. The first-order chi connectivity index (χ1) is 7.77. The van der Waals surface area contributed by atoms with Crippen LogP contribution < -0.4 is 0 Å². The highest BCUT2D eigenvalue weighted by Gasteiger charge is 2.30. The van der Waals surface area contributed by atoms with Gasteiger partial charge in [0, 0.05) is 0 Å². The maximum atomic E-state index is 11.8. The van der Waals surface area contributed by atoms with Crippen LogP contribution in [0.15, 0.2) is 30.3 Å². The van der Waals surface area contributed by atoms with Gasteiger partial charge in [-0.05, 0) is 24.3 Å². The summed E-state index contributed by atoms with van der Waals surface area (Å²) in [5.74, 6) is 0.598. The Morgan fingerprint density at radius 2 is 2.06 bits per heavy atom. The summed E-state index contributed by atoms with van der Waals surface area (Å²) in [6.45, 7) is 2.55. The summed E-state index contributed by atoms with van der Waals surface area (Å²) >= 11 is 0. The number of carbonyl (C=O) groups is 1. The zero-order valence-corrected chi connectivity index (χ0v) is 9.69. The molecule has 2 heteroatoms. The molecule has 86 valence electrons. The van der Waals surface area contributed by atoms with Gasteiger partial charge in [0.2, 0.25) is 0 Å². The fourth-order valence-corrected chi connectivity index (χ4v) is 2.33. The third-order valence-electron chi connectivity index (χ3n) is 3.39. The molecule has 1 aromatic rings. The maximum absolute atomic E-state index is 11.8. The van der Waals surface area contributed by atoms with Crippen LogP contribution >= 0.6 is 0 Å². The lowest BCUT2D eigenvalue weighted by Gasteiger charge is -2.14. The first-order valence-electron chi connectivity index (χ1n) is 5.98. The zero-order chi connectivity index (χ0) is 11.4. The van der Waals surface area contributed by atoms with Crippen molar-refractivity contribution in [2.24, 2.45) is 11.8 Å². The Kier molecular flexibility index (Phi) is 3.60. The number of hydrogen-bond donors (Lipinski definition) is 0. The topological polar surface area (TPSA) is 26.3 Å². The van der Waals surface area contributed by atoms with E-state index in [2.05, 4.69) is 6.92 Å². The van der Waals surface area contributed by atoms with Gasteiger partial charge in [-0.15, -0.1) is 0 Å². The van der Waals surface area contributed by atoms with E-state index in [0.717, 1.165) is 24.8 Å². The van der Waals surface area contributed by atoms with Crippen molar-refractivity contribution in [3.05, 3.63) is 35.9 Å². The van der Waals surface area contributed by atoms with Gasteiger partial charge in [0.15, 0.2) is 0 Å². The SMILES string of the molecule is C[C@@H]1CCC[C@@H]1C(=O)OCc1ccccc1. The van der Waals surface area contributed by atoms with Gasteiger partial charge in [-0.1, -0.05) is 43.7 Å². The highest BCUT2D eigenvalue weighted by atomic mass is 16.5. The molecule has 0 aliphatic heterocycles.